The van der Waals surface area contributed by atoms with Crippen LogP contribution in [0.25, 0.3) is 43.9 Å². The number of nitrogens with two attached hydrogens (primary N) is 1. The normalized spacial score (nSPS) is 19.6. The Morgan fingerprint density at radius 2 is 1.89 bits per heavy atom. The molecule has 5 heterocycles. The van der Waals surface area contributed by atoms with Gasteiger partial charge in [0.05, 0.1) is 15.2 Å². The van der Waals surface area contributed by atoms with E-state index in [0.29, 0.717) is 34.7 Å². The van der Waals surface area contributed by atoms with E-state index in [0.717, 1.165) is 37.3 Å². The van der Waals surface area contributed by atoms with Gasteiger partial charge >= 0.3 is 0 Å². The second kappa shape index (κ2) is 8.05. The number of nitrogens with one attached hydrogen (secondary N) is 2. The first-order chi connectivity index (χ1) is 17.5. The molecule has 0 spiro atoms. The third-order valence-corrected chi connectivity index (χ3v) is 8.06. The first kappa shape index (κ1) is 21.8. The number of hydrogen-bond donors (Lipinski definition) is 3. The van der Waals surface area contributed by atoms with Crippen molar-refractivity contribution in [2.45, 2.75) is 24.9 Å². The molecular weight excluding hydrogens is 506 g/mol. The summed E-state index contributed by atoms with van der Waals surface area (Å²) in [6, 6.07) is 5.12. The van der Waals surface area contributed by atoms with Gasteiger partial charge in [-0.1, -0.05) is 22.9 Å². The van der Waals surface area contributed by atoms with Crippen molar-refractivity contribution in [2.75, 3.05) is 23.7 Å². The molecule has 36 heavy (non-hydrogen) atoms. The maximum atomic E-state index is 16.4. The van der Waals surface area contributed by atoms with Crippen molar-refractivity contribution in [2.24, 2.45) is 0 Å². The summed E-state index contributed by atoms with van der Waals surface area (Å²) in [5.74, 6) is 0.218. The number of H-pyrrole nitrogens is 1. The van der Waals surface area contributed by atoms with Crippen molar-refractivity contribution in [1.29, 1.82) is 0 Å². The quantitative estimate of drug-likeness (QED) is 0.312. The van der Waals surface area contributed by atoms with Gasteiger partial charge < -0.3 is 20.9 Å². The lowest BCUT2D eigenvalue weighted by molar-refractivity contribution is 0.464. The minimum atomic E-state index is -0.633. The van der Waals surface area contributed by atoms with Crippen LogP contribution >= 0.6 is 22.9 Å². The van der Waals surface area contributed by atoms with E-state index in [1.807, 2.05) is 0 Å². The molecule has 2 unspecified atom stereocenters. The van der Waals surface area contributed by atoms with Gasteiger partial charge in [-0.25, -0.2) is 28.7 Å². The smallest absolute Gasteiger partial charge is 0.198 e. The number of nitrogen functional groups attached to an aromatic ring is 1. The van der Waals surface area contributed by atoms with E-state index in [-0.39, 0.29) is 37.3 Å². The summed E-state index contributed by atoms with van der Waals surface area (Å²) in [5.41, 5.74) is 6.66. The number of rotatable bonds is 3. The molecule has 2 fully saturated rings. The number of aromatic nitrogens is 5. The third kappa shape index (κ3) is 3.34. The molecule has 4 N–H and O–H groups in total. The van der Waals surface area contributed by atoms with Crippen LogP contribution in [0.5, 0.6) is 0 Å². The van der Waals surface area contributed by atoms with Gasteiger partial charge in [-0.15, -0.1) is 0 Å². The number of aromatic amines is 1. The largest absolute Gasteiger partial charge is 0.375 e. The molecule has 0 amide bonds. The molecule has 0 saturated carbocycles. The Kier molecular flexibility index (Phi) is 4.88. The van der Waals surface area contributed by atoms with Crippen LogP contribution in [-0.2, 0) is 0 Å². The number of nitrogens with zero attached hydrogens (tertiary/aromatic N) is 5. The van der Waals surface area contributed by atoms with Crippen LogP contribution in [0.1, 0.15) is 12.8 Å². The molecule has 182 valence electrons. The second-order valence-corrected chi connectivity index (χ2v) is 10.6. The van der Waals surface area contributed by atoms with Gasteiger partial charge in [-0.05, 0) is 31.0 Å². The highest BCUT2D eigenvalue weighted by Gasteiger charge is 2.34. The molecule has 2 atom stereocenters. The Hall–Kier alpha value is -3.41. The van der Waals surface area contributed by atoms with E-state index in [1.165, 1.54) is 12.1 Å². The fourth-order valence-electron chi connectivity index (χ4n) is 5.33. The number of hydrogen-bond acceptors (Lipinski definition) is 8. The molecule has 2 bridgehead atoms. The average molecular weight is 525 g/mol. The zero-order valence-corrected chi connectivity index (χ0v) is 20.3. The maximum absolute atomic E-state index is 16.4. The van der Waals surface area contributed by atoms with Gasteiger partial charge in [0.2, 0.25) is 0 Å². The molecule has 7 rings (SSSR count). The van der Waals surface area contributed by atoms with Gasteiger partial charge in [-0.3, -0.25) is 0 Å². The molecule has 8 nitrogen and oxygen atoms in total. The highest BCUT2D eigenvalue weighted by molar-refractivity contribution is 7.22. The van der Waals surface area contributed by atoms with Crippen molar-refractivity contribution < 1.29 is 8.78 Å². The van der Waals surface area contributed by atoms with Crippen LogP contribution in [0, 0.1) is 11.6 Å². The number of imidazole rings is 1. The minimum Gasteiger partial charge on any atom is -0.375 e. The molecule has 2 aliphatic rings. The number of piperazine rings is 1. The zero-order valence-electron chi connectivity index (χ0n) is 18.7. The summed E-state index contributed by atoms with van der Waals surface area (Å²) < 4.78 is 31.1. The maximum Gasteiger partial charge on any atom is 0.198 e. The monoisotopic (exact) mass is 524 g/mol. The molecule has 0 radical (unpaired) electrons. The van der Waals surface area contributed by atoms with Crippen molar-refractivity contribution in [3.05, 3.63) is 47.2 Å². The van der Waals surface area contributed by atoms with Crippen LogP contribution in [0.3, 0.4) is 0 Å². The van der Waals surface area contributed by atoms with Crippen LogP contribution in [0.15, 0.2) is 30.6 Å². The van der Waals surface area contributed by atoms with Gasteiger partial charge in [-0.2, -0.15) is 0 Å². The van der Waals surface area contributed by atoms with Crippen molar-refractivity contribution >= 4 is 55.0 Å². The molecule has 2 aliphatic heterocycles. The van der Waals surface area contributed by atoms with Crippen LogP contribution in [0.2, 0.25) is 5.02 Å². The Morgan fingerprint density at radius 3 is 2.64 bits per heavy atom. The molecule has 2 saturated heterocycles. The molecule has 12 heteroatoms. The number of halogens is 3. The lowest BCUT2D eigenvalue weighted by atomic mass is 10.0. The Morgan fingerprint density at radius 1 is 1.08 bits per heavy atom. The van der Waals surface area contributed by atoms with Gasteiger partial charge in [0.25, 0.3) is 0 Å². The number of benzene rings is 2. The summed E-state index contributed by atoms with van der Waals surface area (Å²) >= 11 is 7.72. The Bertz CT molecular complexity index is 1640. The van der Waals surface area contributed by atoms with E-state index < -0.39 is 11.6 Å². The number of fused-ring (bicyclic) bond motifs is 4. The lowest BCUT2D eigenvalue weighted by Crippen LogP contribution is -2.51. The highest BCUT2D eigenvalue weighted by Crippen LogP contribution is 2.43. The van der Waals surface area contributed by atoms with Gasteiger partial charge in [0, 0.05) is 54.1 Å². The fraction of sp³-hybridized carbons (Fsp3) is 0.250. The molecule has 0 aliphatic carbocycles. The highest BCUT2D eigenvalue weighted by atomic mass is 35.5. The lowest BCUT2D eigenvalue weighted by Gasteiger charge is -2.34. The van der Waals surface area contributed by atoms with E-state index in [2.05, 4.69) is 30.2 Å². The van der Waals surface area contributed by atoms with Crippen LogP contribution in [0.4, 0.5) is 19.7 Å². The Labute approximate surface area is 212 Å². The molecule has 3 aromatic heterocycles. The number of anilines is 2. The topological polar surface area (TPSA) is 109 Å². The average Bonchev–Trinajstić information content (AvgIpc) is 3.60. The summed E-state index contributed by atoms with van der Waals surface area (Å²) in [5, 5.41) is 4.46. The van der Waals surface area contributed by atoms with Crippen LogP contribution < -0.4 is 16.0 Å². The Balaban J connectivity index is 1.49. The van der Waals surface area contributed by atoms with E-state index >= 15 is 4.39 Å². The van der Waals surface area contributed by atoms with E-state index in [9.17, 15) is 4.39 Å². The van der Waals surface area contributed by atoms with Crippen molar-refractivity contribution in [3.8, 4) is 22.8 Å². The van der Waals surface area contributed by atoms with Crippen LogP contribution in [-0.4, -0.2) is 50.1 Å². The van der Waals surface area contributed by atoms with E-state index in [1.54, 1.807) is 18.5 Å². The predicted octanol–water partition coefficient (Wildman–Crippen LogP) is 4.75. The minimum absolute atomic E-state index is 0.0925. The zero-order chi connectivity index (χ0) is 24.6. The summed E-state index contributed by atoms with van der Waals surface area (Å²) in [6.07, 6.45) is 5.44. The van der Waals surface area contributed by atoms with Crippen molar-refractivity contribution in [1.82, 2.24) is 30.2 Å². The standard InChI is InChI=1S/C24H19ClF2N8S/c25-14-7-13-18(17(27)16(14)12-3-4-15(26)20-19(12)33-24(28)36-20)32-22(21-29-5-6-30-21)34-23(13)35-8-10-1-2-11(9-35)31-10/h3-7,10-11,31H,1-2,8-9H2,(H2,28,33)(H,29,30). The summed E-state index contributed by atoms with van der Waals surface area (Å²) in [7, 11) is 0. The molecule has 2 aromatic carbocycles. The first-order valence-electron chi connectivity index (χ1n) is 11.5. The predicted molar refractivity (Wildman–Crippen MR) is 137 cm³/mol. The fourth-order valence-corrected chi connectivity index (χ4v) is 6.38. The second-order valence-electron chi connectivity index (χ2n) is 9.12. The molecular formula is C24H19ClF2N8S. The number of thiazole rings is 1. The summed E-state index contributed by atoms with van der Waals surface area (Å²) in [4.78, 5) is 23.1. The third-order valence-electron chi connectivity index (χ3n) is 6.87. The first-order valence-corrected chi connectivity index (χ1v) is 12.7. The SMILES string of the molecule is Nc1nc2c(-c3c(Cl)cc4c(N5CC6CCC(C5)N6)nc(-c5ncc[nH]5)nc4c3F)ccc(F)c2s1. The van der Waals surface area contributed by atoms with E-state index in [4.69, 9.17) is 22.3 Å². The molecule has 5 aromatic rings. The van der Waals surface area contributed by atoms with Gasteiger partial charge in [0.15, 0.2) is 22.6 Å². The van der Waals surface area contributed by atoms with Gasteiger partial charge in [0.1, 0.15) is 17.2 Å². The van der Waals surface area contributed by atoms with Crippen molar-refractivity contribution in [3.63, 3.8) is 0 Å². The summed E-state index contributed by atoms with van der Waals surface area (Å²) in [6.45, 7) is 1.50.